The summed E-state index contributed by atoms with van der Waals surface area (Å²) in [5.41, 5.74) is 4.10. The van der Waals surface area contributed by atoms with Crippen molar-refractivity contribution in [2.75, 3.05) is 34.5 Å². The van der Waals surface area contributed by atoms with Crippen LogP contribution in [0, 0.1) is 5.82 Å². The van der Waals surface area contributed by atoms with Crippen LogP contribution in [0.2, 0.25) is 0 Å². The minimum atomic E-state index is -0.178. The first-order valence-corrected chi connectivity index (χ1v) is 9.63. The van der Waals surface area contributed by atoms with Crippen LogP contribution in [0.1, 0.15) is 29.2 Å². The molecule has 4 rings (SSSR count). The predicted octanol–water partition coefficient (Wildman–Crippen LogP) is 4.43. The Labute approximate surface area is 165 Å². The van der Waals surface area contributed by atoms with Crippen LogP contribution >= 0.6 is 0 Å². The second-order valence-corrected chi connectivity index (χ2v) is 8.21. The van der Waals surface area contributed by atoms with Crippen molar-refractivity contribution in [3.05, 3.63) is 65.0 Å². The number of ether oxygens (including phenoxy) is 3. The van der Waals surface area contributed by atoms with Crippen molar-refractivity contribution in [2.45, 2.75) is 25.3 Å². The van der Waals surface area contributed by atoms with E-state index in [2.05, 4.69) is 26.7 Å². The number of methoxy groups -OCH3 is 1. The second kappa shape index (κ2) is 7.13. The highest BCUT2D eigenvalue weighted by Gasteiger charge is 2.41. The maximum atomic E-state index is 14.1. The maximum Gasteiger partial charge on any atom is 0.231 e. The van der Waals surface area contributed by atoms with Crippen LogP contribution in [0.5, 0.6) is 17.2 Å². The summed E-state index contributed by atoms with van der Waals surface area (Å²) in [6, 6.07) is 9.16. The summed E-state index contributed by atoms with van der Waals surface area (Å²) in [4.78, 5) is 0. The summed E-state index contributed by atoms with van der Waals surface area (Å²) in [6.45, 7) is 5.51. The molecule has 0 spiro atoms. The molecule has 5 heteroatoms. The van der Waals surface area contributed by atoms with Gasteiger partial charge in [0.25, 0.3) is 0 Å². The number of hydrogen-bond donors (Lipinski definition) is 0. The van der Waals surface area contributed by atoms with E-state index >= 15 is 0 Å². The fraction of sp³-hybridized carbons (Fsp3) is 0.391. The number of likely N-dealkylation sites (N-methyl/N-ethyl adjacent to an activating group) is 1. The van der Waals surface area contributed by atoms with Crippen molar-refractivity contribution in [1.29, 1.82) is 0 Å². The molecule has 4 nitrogen and oxygen atoms in total. The topological polar surface area (TPSA) is 27.7 Å². The molecule has 2 aliphatic heterocycles. The van der Waals surface area contributed by atoms with Crippen LogP contribution in [0.4, 0.5) is 4.39 Å². The van der Waals surface area contributed by atoms with Gasteiger partial charge in [-0.15, -0.1) is 0 Å². The van der Waals surface area contributed by atoms with E-state index in [0.29, 0.717) is 17.7 Å². The minimum Gasteiger partial charge on any atom is -0.492 e. The summed E-state index contributed by atoms with van der Waals surface area (Å²) in [7, 11) is 6.14. The van der Waals surface area contributed by atoms with E-state index in [1.807, 2.05) is 12.1 Å². The minimum absolute atomic E-state index is 0.160. The summed E-state index contributed by atoms with van der Waals surface area (Å²) in [5.74, 6) is 2.03. The van der Waals surface area contributed by atoms with Gasteiger partial charge in [-0.05, 0) is 29.7 Å². The summed E-state index contributed by atoms with van der Waals surface area (Å²) >= 11 is 0. The molecule has 0 bridgehead atoms. The monoisotopic (exact) mass is 384 g/mol. The Morgan fingerprint density at radius 3 is 2.82 bits per heavy atom. The third kappa shape index (κ3) is 3.24. The molecule has 28 heavy (non-hydrogen) atoms. The lowest BCUT2D eigenvalue weighted by atomic mass is 9.85. The SMILES string of the molecule is C=C(Cc1ccccc1F)CC1c2c(cc3c(c2OC)OCO3)CC[N+]1(C)C. The molecule has 2 aromatic carbocycles. The number of fused-ring (bicyclic) bond motifs is 2. The van der Waals surface area contributed by atoms with E-state index < -0.39 is 0 Å². The van der Waals surface area contributed by atoms with Gasteiger partial charge in [-0.2, -0.15) is 0 Å². The zero-order valence-electron chi connectivity index (χ0n) is 16.8. The predicted molar refractivity (Wildman–Crippen MR) is 106 cm³/mol. The normalized spacial score (nSPS) is 19.2. The van der Waals surface area contributed by atoms with Crippen LogP contribution in [-0.2, 0) is 12.8 Å². The van der Waals surface area contributed by atoms with E-state index in [1.165, 1.54) is 11.6 Å². The van der Waals surface area contributed by atoms with Crippen LogP contribution < -0.4 is 14.2 Å². The van der Waals surface area contributed by atoms with E-state index in [4.69, 9.17) is 14.2 Å². The van der Waals surface area contributed by atoms with Gasteiger partial charge in [0, 0.05) is 12.8 Å². The lowest BCUT2D eigenvalue weighted by molar-refractivity contribution is -0.923. The molecule has 0 aromatic heterocycles. The molecule has 0 saturated carbocycles. The van der Waals surface area contributed by atoms with Gasteiger partial charge in [-0.3, -0.25) is 0 Å². The standard InChI is InChI=1S/C23H27FNO3/c1-15(11-16-7-5-6-8-18(16)24)12-19-21-17(9-10-25(19,2)3)13-20-22(23(21)26-4)28-14-27-20/h5-8,13,19H,1,9-12,14H2,2-4H3/q+1. The van der Waals surface area contributed by atoms with E-state index in [-0.39, 0.29) is 18.7 Å². The smallest absolute Gasteiger partial charge is 0.231 e. The Kier molecular flexibility index (Phi) is 4.79. The Bertz CT molecular complexity index is 922. The van der Waals surface area contributed by atoms with Crippen molar-refractivity contribution in [2.24, 2.45) is 0 Å². The Hall–Kier alpha value is -2.53. The molecule has 1 atom stereocenters. The number of rotatable bonds is 5. The Morgan fingerprint density at radius 1 is 1.29 bits per heavy atom. The van der Waals surface area contributed by atoms with Crippen LogP contribution in [0.15, 0.2) is 42.5 Å². The summed E-state index contributed by atoms with van der Waals surface area (Å²) in [6.07, 6.45) is 2.24. The molecule has 2 aromatic rings. The lowest BCUT2D eigenvalue weighted by Crippen LogP contribution is -2.48. The third-order valence-corrected chi connectivity index (χ3v) is 5.96. The van der Waals surface area contributed by atoms with Crippen LogP contribution in [-0.4, -0.2) is 39.0 Å². The van der Waals surface area contributed by atoms with Crippen molar-refractivity contribution in [3.63, 3.8) is 0 Å². The van der Waals surface area contributed by atoms with Crippen molar-refractivity contribution >= 4 is 0 Å². The van der Waals surface area contributed by atoms with Gasteiger partial charge < -0.3 is 18.7 Å². The molecule has 0 amide bonds. The van der Waals surface area contributed by atoms with Gasteiger partial charge >= 0.3 is 0 Å². The third-order valence-electron chi connectivity index (χ3n) is 5.96. The van der Waals surface area contributed by atoms with E-state index in [0.717, 1.165) is 46.5 Å². The maximum absolute atomic E-state index is 14.1. The highest BCUT2D eigenvalue weighted by molar-refractivity contribution is 5.61. The fourth-order valence-electron chi connectivity index (χ4n) is 4.37. The summed E-state index contributed by atoms with van der Waals surface area (Å²) < 4.78 is 32.0. The molecular weight excluding hydrogens is 357 g/mol. The molecule has 1 unspecified atom stereocenters. The van der Waals surface area contributed by atoms with Crippen molar-refractivity contribution in [1.82, 2.24) is 0 Å². The van der Waals surface area contributed by atoms with Gasteiger partial charge in [-0.25, -0.2) is 4.39 Å². The highest BCUT2D eigenvalue weighted by atomic mass is 19.1. The largest absolute Gasteiger partial charge is 0.492 e. The van der Waals surface area contributed by atoms with Gasteiger partial charge in [0.2, 0.25) is 12.5 Å². The van der Waals surface area contributed by atoms with Crippen molar-refractivity contribution < 1.29 is 23.1 Å². The quantitative estimate of drug-likeness (QED) is 0.564. The van der Waals surface area contributed by atoms with E-state index in [9.17, 15) is 4.39 Å². The molecule has 0 aliphatic carbocycles. The molecule has 0 fully saturated rings. The van der Waals surface area contributed by atoms with E-state index in [1.54, 1.807) is 13.2 Å². The number of nitrogens with zero attached hydrogens (tertiary/aromatic N) is 1. The molecular formula is C23H27FNO3+. The van der Waals surface area contributed by atoms with Gasteiger partial charge in [-0.1, -0.05) is 30.4 Å². The van der Waals surface area contributed by atoms with Gasteiger partial charge in [0.1, 0.15) is 11.9 Å². The lowest BCUT2D eigenvalue weighted by Gasteiger charge is -2.43. The van der Waals surface area contributed by atoms with Gasteiger partial charge in [0.05, 0.1) is 33.3 Å². The zero-order valence-corrected chi connectivity index (χ0v) is 16.8. The summed E-state index contributed by atoms with van der Waals surface area (Å²) in [5, 5.41) is 0. The number of halogens is 1. The molecule has 148 valence electrons. The van der Waals surface area contributed by atoms with Crippen molar-refractivity contribution in [3.8, 4) is 17.2 Å². The molecule has 2 heterocycles. The average molecular weight is 384 g/mol. The first-order chi connectivity index (χ1) is 13.4. The second-order valence-electron chi connectivity index (χ2n) is 8.21. The fourth-order valence-corrected chi connectivity index (χ4v) is 4.37. The number of quaternary nitrogens is 1. The number of benzene rings is 2. The molecule has 0 N–H and O–H groups in total. The Morgan fingerprint density at radius 2 is 2.07 bits per heavy atom. The zero-order chi connectivity index (χ0) is 19.9. The van der Waals surface area contributed by atoms with Gasteiger partial charge in [0.15, 0.2) is 11.5 Å². The van der Waals surface area contributed by atoms with Crippen LogP contribution in [0.3, 0.4) is 0 Å². The molecule has 0 saturated heterocycles. The first-order valence-electron chi connectivity index (χ1n) is 9.63. The molecule has 0 radical (unpaired) electrons. The van der Waals surface area contributed by atoms with Crippen LogP contribution in [0.25, 0.3) is 0 Å². The Balaban J connectivity index is 1.69. The average Bonchev–Trinajstić information content (AvgIpc) is 3.12. The number of hydrogen-bond acceptors (Lipinski definition) is 3. The molecule has 2 aliphatic rings. The first kappa shape index (κ1) is 18.8. The highest BCUT2D eigenvalue weighted by Crippen LogP contribution is 2.51.